The van der Waals surface area contributed by atoms with Gasteiger partial charge in [-0.25, -0.2) is 9.97 Å². The summed E-state index contributed by atoms with van der Waals surface area (Å²) >= 11 is 0. The Balaban J connectivity index is 1.14. The molecule has 2 atom stereocenters. The molecule has 2 aromatic carbocycles. The predicted octanol–water partition coefficient (Wildman–Crippen LogP) is 5.36. The number of nitrogens with zero attached hydrogens (tertiary/aromatic N) is 4. The molecule has 2 saturated heterocycles. The summed E-state index contributed by atoms with van der Waals surface area (Å²) in [6.45, 7) is 5.72. The van der Waals surface area contributed by atoms with E-state index >= 15 is 0 Å². The zero-order chi connectivity index (χ0) is 27.6. The number of amides is 2. The van der Waals surface area contributed by atoms with Crippen LogP contribution in [0.15, 0.2) is 48.7 Å². The number of benzene rings is 2. The highest BCUT2D eigenvalue weighted by Crippen LogP contribution is 2.32. The number of aromatic amines is 2. The average molecular weight is 535 g/mol. The van der Waals surface area contributed by atoms with E-state index < -0.39 is 0 Å². The summed E-state index contributed by atoms with van der Waals surface area (Å²) in [4.78, 5) is 43.9. The van der Waals surface area contributed by atoms with E-state index in [9.17, 15) is 9.59 Å². The van der Waals surface area contributed by atoms with Gasteiger partial charge in [-0.15, -0.1) is 0 Å². The zero-order valence-corrected chi connectivity index (χ0v) is 23.0. The molecule has 2 fully saturated rings. The Morgan fingerprint density at radius 1 is 1.00 bits per heavy atom. The summed E-state index contributed by atoms with van der Waals surface area (Å²) in [5.41, 5.74) is 5.72. The van der Waals surface area contributed by atoms with Gasteiger partial charge >= 0.3 is 0 Å². The molecule has 4 aromatic rings. The van der Waals surface area contributed by atoms with Crippen molar-refractivity contribution in [3.8, 4) is 23.0 Å². The van der Waals surface area contributed by atoms with Crippen molar-refractivity contribution in [1.82, 2.24) is 29.7 Å². The van der Waals surface area contributed by atoms with E-state index in [1.54, 1.807) is 6.20 Å². The second kappa shape index (κ2) is 11.0. The number of hydrogen-bond donors (Lipinski definition) is 2. The molecular weight excluding hydrogens is 500 g/mol. The van der Waals surface area contributed by atoms with Gasteiger partial charge in [-0.05, 0) is 72.9 Å². The van der Waals surface area contributed by atoms with Crippen molar-refractivity contribution in [2.45, 2.75) is 58.0 Å². The van der Waals surface area contributed by atoms with Crippen molar-refractivity contribution in [2.75, 3.05) is 13.1 Å². The van der Waals surface area contributed by atoms with Crippen molar-refractivity contribution in [3.05, 3.63) is 71.6 Å². The second-order valence-corrected chi connectivity index (χ2v) is 11.2. The van der Waals surface area contributed by atoms with Gasteiger partial charge in [0.1, 0.15) is 17.3 Å². The number of hydrogen-bond acceptors (Lipinski definition) is 4. The molecule has 2 amide bonds. The minimum atomic E-state index is 0.00601. The fraction of sp³-hybridized carbons (Fsp3) is 0.375. The molecule has 2 aliphatic rings. The van der Waals surface area contributed by atoms with Crippen molar-refractivity contribution >= 4 is 23.4 Å². The van der Waals surface area contributed by atoms with Crippen LogP contribution in [0.4, 0.5) is 0 Å². The molecule has 8 nitrogen and oxygen atoms in total. The molecule has 0 bridgehead atoms. The number of H-pyrrole nitrogens is 2. The predicted molar refractivity (Wildman–Crippen MR) is 154 cm³/mol. The van der Waals surface area contributed by atoms with Crippen LogP contribution < -0.4 is 0 Å². The molecule has 0 saturated carbocycles. The topological polar surface area (TPSA) is 98.0 Å². The Hall–Kier alpha value is -4.38. The van der Waals surface area contributed by atoms with Crippen LogP contribution in [0.5, 0.6) is 0 Å². The van der Waals surface area contributed by atoms with Crippen LogP contribution in [-0.2, 0) is 9.59 Å². The average Bonchev–Trinajstić information content (AvgIpc) is 3.76. The van der Waals surface area contributed by atoms with Gasteiger partial charge < -0.3 is 19.8 Å². The second-order valence-electron chi connectivity index (χ2n) is 11.2. The van der Waals surface area contributed by atoms with Crippen molar-refractivity contribution < 1.29 is 9.59 Å². The van der Waals surface area contributed by atoms with Gasteiger partial charge in [0, 0.05) is 25.1 Å². The molecule has 2 aromatic heterocycles. The first-order valence-corrected chi connectivity index (χ1v) is 14.2. The Kier molecular flexibility index (Phi) is 7.12. The van der Waals surface area contributed by atoms with Gasteiger partial charge in [-0.2, -0.15) is 0 Å². The van der Waals surface area contributed by atoms with Gasteiger partial charge in [-0.1, -0.05) is 38.0 Å². The van der Waals surface area contributed by atoms with Crippen LogP contribution in [0.1, 0.15) is 80.9 Å². The Bertz CT molecular complexity index is 1590. The van der Waals surface area contributed by atoms with Crippen LogP contribution in [-0.4, -0.2) is 55.1 Å². The fourth-order valence-electron chi connectivity index (χ4n) is 5.85. The summed E-state index contributed by atoms with van der Waals surface area (Å²) in [5.74, 6) is 8.63. The molecule has 2 aliphatic heterocycles. The van der Waals surface area contributed by atoms with E-state index in [0.29, 0.717) is 12.3 Å². The van der Waals surface area contributed by atoms with E-state index in [1.165, 1.54) is 0 Å². The van der Waals surface area contributed by atoms with Crippen LogP contribution >= 0.6 is 0 Å². The number of nitrogens with one attached hydrogen (secondary N) is 2. The molecule has 40 heavy (non-hydrogen) atoms. The van der Waals surface area contributed by atoms with E-state index in [1.807, 2.05) is 28.0 Å². The van der Waals surface area contributed by atoms with Gasteiger partial charge in [0.05, 0.1) is 29.3 Å². The van der Waals surface area contributed by atoms with Gasteiger partial charge in [0.25, 0.3) is 0 Å². The SMILES string of the molecule is CC(C)CC(=O)N1CCC[C@H]1c1ncc(C#Cc2ccc(-c3ccc4nc([C@@H]5CCCN5C=O)[nH]c4c3)cc2)[nH]1. The minimum Gasteiger partial charge on any atom is -0.340 e. The lowest BCUT2D eigenvalue weighted by Gasteiger charge is -2.24. The lowest BCUT2D eigenvalue weighted by atomic mass is 10.0. The molecule has 8 heteroatoms. The monoisotopic (exact) mass is 534 g/mol. The first-order valence-electron chi connectivity index (χ1n) is 14.2. The Morgan fingerprint density at radius 2 is 1.77 bits per heavy atom. The normalized spacial score (nSPS) is 18.9. The number of fused-ring (bicyclic) bond motifs is 1. The van der Waals surface area contributed by atoms with Gasteiger partial charge in [0.15, 0.2) is 0 Å². The van der Waals surface area contributed by atoms with E-state index in [0.717, 1.165) is 90.2 Å². The Morgan fingerprint density at radius 3 is 2.58 bits per heavy atom. The zero-order valence-electron chi connectivity index (χ0n) is 23.0. The summed E-state index contributed by atoms with van der Waals surface area (Å²) < 4.78 is 0. The van der Waals surface area contributed by atoms with Crippen LogP contribution in [0.25, 0.3) is 22.2 Å². The third-order valence-electron chi connectivity index (χ3n) is 7.87. The van der Waals surface area contributed by atoms with Crippen molar-refractivity contribution in [3.63, 3.8) is 0 Å². The largest absolute Gasteiger partial charge is 0.340 e. The maximum absolute atomic E-state index is 12.7. The van der Waals surface area contributed by atoms with E-state index in [4.69, 9.17) is 4.98 Å². The number of carbonyl (C=O) groups excluding carboxylic acids is 2. The lowest BCUT2D eigenvalue weighted by molar-refractivity contribution is -0.133. The standard InChI is InChI=1S/C32H34N6O2/c1-21(2)17-30(40)38-16-4-6-29(38)31-33-19-25(34-31)13-9-22-7-10-23(11-8-22)24-12-14-26-27(18-24)36-32(35-26)28-5-3-15-37(28)20-39/h7-8,10-12,14,18-21,28-29H,3-6,15-17H2,1-2H3,(H,33,34)(H,35,36)/t28-,29-/m0/s1. The number of imidazole rings is 2. The molecule has 0 radical (unpaired) electrons. The van der Waals surface area contributed by atoms with Gasteiger partial charge in [0.2, 0.25) is 12.3 Å². The summed E-state index contributed by atoms with van der Waals surface area (Å²) in [6.07, 6.45) is 7.11. The number of aromatic nitrogens is 4. The number of rotatable bonds is 6. The first-order chi connectivity index (χ1) is 19.5. The van der Waals surface area contributed by atoms with E-state index in [-0.39, 0.29) is 18.0 Å². The lowest BCUT2D eigenvalue weighted by Crippen LogP contribution is -2.31. The highest BCUT2D eigenvalue weighted by molar-refractivity contribution is 5.82. The number of likely N-dealkylation sites (tertiary alicyclic amines) is 2. The minimum absolute atomic E-state index is 0.00601. The van der Waals surface area contributed by atoms with Crippen LogP contribution in [0, 0.1) is 17.8 Å². The third-order valence-corrected chi connectivity index (χ3v) is 7.87. The molecule has 6 rings (SSSR count). The summed E-state index contributed by atoms with van der Waals surface area (Å²) in [7, 11) is 0. The maximum atomic E-state index is 12.7. The van der Waals surface area contributed by atoms with Crippen molar-refractivity contribution in [2.24, 2.45) is 5.92 Å². The van der Waals surface area contributed by atoms with Gasteiger partial charge in [-0.3, -0.25) is 9.59 Å². The van der Waals surface area contributed by atoms with Crippen molar-refractivity contribution in [1.29, 1.82) is 0 Å². The molecule has 0 spiro atoms. The fourth-order valence-corrected chi connectivity index (χ4v) is 5.85. The van der Waals surface area contributed by atoms with Crippen LogP contribution in [0.2, 0.25) is 0 Å². The molecule has 4 heterocycles. The smallest absolute Gasteiger partial charge is 0.223 e. The quantitative estimate of drug-likeness (QED) is 0.257. The highest BCUT2D eigenvalue weighted by atomic mass is 16.2. The first kappa shape index (κ1) is 25.9. The summed E-state index contributed by atoms with van der Waals surface area (Å²) in [6, 6.07) is 14.4. The summed E-state index contributed by atoms with van der Waals surface area (Å²) in [5, 5.41) is 0. The third kappa shape index (κ3) is 5.24. The highest BCUT2D eigenvalue weighted by Gasteiger charge is 2.32. The van der Waals surface area contributed by atoms with E-state index in [2.05, 4.69) is 64.9 Å². The maximum Gasteiger partial charge on any atom is 0.223 e. The molecular formula is C32H34N6O2. The number of carbonyl (C=O) groups is 2. The molecule has 204 valence electrons. The molecule has 0 unspecified atom stereocenters. The van der Waals surface area contributed by atoms with Crippen LogP contribution in [0.3, 0.4) is 0 Å². The molecule has 0 aliphatic carbocycles. The molecule has 2 N–H and O–H groups in total. The Labute approximate surface area is 234 Å².